The van der Waals surface area contributed by atoms with Gasteiger partial charge < -0.3 is 9.88 Å². The van der Waals surface area contributed by atoms with Gasteiger partial charge in [-0.1, -0.05) is 0 Å². The van der Waals surface area contributed by atoms with Crippen molar-refractivity contribution in [2.75, 3.05) is 7.05 Å². The minimum atomic E-state index is -0.172. The second-order valence-corrected chi connectivity index (χ2v) is 4.52. The molecule has 0 atom stereocenters. The first-order valence-electron chi connectivity index (χ1n) is 5.98. The molecule has 2 rings (SSSR count). The molecule has 18 heavy (non-hydrogen) atoms. The minimum absolute atomic E-state index is 0.172. The number of halogens is 1. The Morgan fingerprint density at radius 1 is 1.33 bits per heavy atom. The van der Waals surface area contributed by atoms with E-state index in [1.165, 1.54) is 6.07 Å². The highest BCUT2D eigenvalue weighted by Crippen LogP contribution is 2.25. The summed E-state index contributed by atoms with van der Waals surface area (Å²) >= 11 is 0. The molecule has 0 saturated carbocycles. The van der Waals surface area contributed by atoms with Crippen LogP contribution in [0.3, 0.4) is 0 Å². The summed E-state index contributed by atoms with van der Waals surface area (Å²) in [5.41, 5.74) is 3.67. The highest BCUT2D eigenvalue weighted by atomic mass is 19.1. The second-order valence-electron chi connectivity index (χ2n) is 4.52. The first kappa shape index (κ1) is 12.8. The smallest absolute Gasteiger partial charge is 0.126 e. The predicted molar refractivity (Wildman–Crippen MR) is 70.8 cm³/mol. The van der Waals surface area contributed by atoms with Gasteiger partial charge in [0, 0.05) is 12.6 Å². The number of imidazole rings is 1. The highest BCUT2D eigenvalue weighted by Gasteiger charge is 2.13. The third kappa shape index (κ3) is 2.16. The second kappa shape index (κ2) is 4.90. The fraction of sp³-hybridized carbons (Fsp3) is 0.357. The van der Waals surface area contributed by atoms with Crippen LogP contribution in [-0.4, -0.2) is 16.6 Å². The van der Waals surface area contributed by atoms with E-state index >= 15 is 0 Å². The lowest BCUT2D eigenvalue weighted by atomic mass is 10.1. The molecule has 0 aliphatic carbocycles. The van der Waals surface area contributed by atoms with Crippen molar-refractivity contribution in [3.8, 4) is 11.3 Å². The van der Waals surface area contributed by atoms with Gasteiger partial charge >= 0.3 is 0 Å². The highest BCUT2D eigenvalue weighted by molar-refractivity contribution is 5.63. The molecule has 1 N–H and O–H groups in total. The van der Waals surface area contributed by atoms with Crippen molar-refractivity contribution < 1.29 is 4.39 Å². The van der Waals surface area contributed by atoms with Gasteiger partial charge in [-0.2, -0.15) is 0 Å². The van der Waals surface area contributed by atoms with E-state index in [4.69, 9.17) is 0 Å². The Balaban J connectivity index is 2.53. The fourth-order valence-corrected chi connectivity index (χ4v) is 2.20. The lowest BCUT2D eigenvalue weighted by Gasteiger charge is -2.08. The van der Waals surface area contributed by atoms with Crippen molar-refractivity contribution in [1.29, 1.82) is 0 Å². The van der Waals surface area contributed by atoms with E-state index in [9.17, 15) is 4.39 Å². The summed E-state index contributed by atoms with van der Waals surface area (Å²) in [6.45, 7) is 4.48. The molecule has 4 heteroatoms. The first-order valence-corrected chi connectivity index (χ1v) is 5.98. The Labute approximate surface area is 107 Å². The summed E-state index contributed by atoms with van der Waals surface area (Å²) < 4.78 is 15.4. The lowest BCUT2D eigenvalue weighted by Crippen LogP contribution is -2.10. The van der Waals surface area contributed by atoms with E-state index in [1.807, 2.05) is 27.1 Å². The molecule has 2 aromatic rings. The monoisotopic (exact) mass is 247 g/mol. The molecule has 0 bridgehead atoms. The van der Waals surface area contributed by atoms with Crippen molar-refractivity contribution in [3.63, 3.8) is 0 Å². The van der Waals surface area contributed by atoms with E-state index < -0.39 is 0 Å². The van der Waals surface area contributed by atoms with Crippen LogP contribution in [0.15, 0.2) is 18.2 Å². The molecule has 0 spiro atoms. The topological polar surface area (TPSA) is 29.9 Å². The summed E-state index contributed by atoms with van der Waals surface area (Å²) in [6, 6.07) is 5.17. The van der Waals surface area contributed by atoms with E-state index in [0.717, 1.165) is 29.3 Å². The summed E-state index contributed by atoms with van der Waals surface area (Å²) in [6.07, 6.45) is 0. The largest absolute Gasteiger partial charge is 0.330 e. The van der Waals surface area contributed by atoms with Crippen molar-refractivity contribution in [2.45, 2.75) is 20.4 Å². The van der Waals surface area contributed by atoms with E-state index in [0.29, 0.717) is 5.56 Å². The molecular weight excluding hydrogens is 229 g/mol. The zero-order valence-electron chi connectivity index (χ0n) is 11.2. The average Bonchev–Trinajstić information content (AvgIpc) is 2.59. The van der Waals surface area contributed by atoms with E-state index in [2.05, 4.69) is 14.9 Å². The maximum absolute atomic E-state index is 13.3. The Hall–Kier alpha value is -1.68. The number of rotatable bonds is 3. The van der Waals surface area contributed by atoms with Gasteiger partial charge in [-0.3, -0.25) is 0 Å². The summed E-state index contributed by atoms with van der Waals surface area (Å²) in [5, 5.41) is 3.09. The number of hydrogen-bond acceptors (Lipinski definition) is 2. The van der Waals surface area contributed by atoms with Gasteiger partial charge in [0.25, 0.3) is 0 Å². The number of benzene rings is 1. The standard InChI is InChI=1S/C14H18FN3/c1-9-7-11(5-6-12(9)15)14-10(2)17-13(8-16-3)18(14)4/h5-7,16H,8H2,1-4H3. The number of nitrogens with one attached hydrogen (secondary N) is 1. The van der Waals surface area contributed by atoms with Gasteiger partial charge in [0.05, 0.1) is 17.9 Å². The van der Waals surface area contributed by atoms with Crippen molar-refractivity contribution >= 4 is 0 Å². The Kier molecular flexibility index (Phi) is 3.48. The maximum Gasteiger partial charge on any atom is 0.126 e. The van der Waals surface area contributed by atoms with Gasteiger partial charge in [0.2, 0.25) is 0 Å². The van der Waals surface area contributed by atoms with Gasteiger partial charge in [-0.15, -0.1) is 0 Å². The van der Waals surface area contributed by atoms with Gasteiger partial charge in [-0.25, -0.2) is 9.37 Å². The molecule has 0 saturated heterocycles. The van der Waals surface area contributed by atoms with Crippen LogP contribution in [0.4, 0.5) is 4.39 Å². The normalized spacial score (nSPS) is 10.9. The van der Waals surface area contributed by atoms with Gasteiger partial charge in [0.1, 0.15) is 11.6 Å². The van der Waals surface area contributed by atoms with Gasteiger partial charge in [0.15, 0.2) is 0 Å². The van der Waals surface area contributed by atoms with E-state index in [-0.39, 0.29) is 5.82 Å². The molecule has 0 unspecified atom stereocenters. The van der Waals surface area contributed by atoms with Crippen LogP contribution >= 0.6 is 0 Å². The summed E-state index contributed by atoms with van der Waals surface area (Å²) in [7, 11) is 3.88. The van der Waals surface area contributed by atoms with Gasteiger partial charge in [-0.05, 0) is 44.7 Å². The fourth-order valence-electron chi connectivity index (χ4n) is 2.20. The third-order valence-electron chi connectivity index (χ3n) is 3.13. The SMILES string of the molecule is CNCc1nc(C)c(-c2ccc(F)c(C)c2)n1C. The van der Waals surface area contributed by atoms with E-state index in [1.54, 1.807) is 13.0 Å². The molecule has 1 aromatic heterocycles. The van der Waals surface area contributed by atoms with Crippen LogP contribution in [0.2, 0.25) is 0 Å². The molecule has 0 aliphatic heterocycles. The third-order valence-corrected chi connectivity index (χ3v) is 3.13. The number of aryl methyl sites for hydroxylation is 2. The Bertz CT molecular complexity index is 573. The van der Waals surface area contributed by atoms with Crippen LogP contribution in [0.25, 0.3) is 11.3 Å². The van der Waals surface area contributed by atoms with Crippen molar-refractivity contribution in [2.24, 2.45) is 7.05 Å². The molecule has 0 aliphatic rings. The average molecular weight is 247 g/mol. The lowest BCUT2D eigenvalue weighted by molar-refractivity contribution is 0.618. The first-order chi connectivity index (χ1) is 8.54. The van der Waals surface area contributed by atoms with Crippen molar-refractivity contribution in [1.82, 2.24) is 14.9 Å². The molecule has 0 radical (unpaired) electrons. The zero-order valence-corrected chi connectivity index (χ0v) is 11.2. The van der Waals surface area contributed by atoms with Crippen LogP contribution < -0.4 is 5.32 Å². The Morgan fingerprint density at radius 2 is 2.06 bits per heavy atom. The minimum Gasteiger partial charge on any atom is -0.330 e. The van der Waals surface area contributed by atoms with Crippen LogP contribution in [0, 0.1) is 19.7 Å². The molecule has 1 aromatic carbocycles. The van der Waals surface area contributed by atoms with Crippen LogP contribution in [-0.2, 0) is 13.6 Å². The summed E-state index contributed by atoms with van der Waals surface area (Å²) in [4.78, 5) is 4.54. The van der Waals surface area contributed by atoms with Crippen molar-refractivity contribution in [3.05, 3.63) is 41.1 Å². The Morgan fingerprint density at radius 3 is 2.67 bits per heavy atom. The number of nitrogens with zero attached hydrogens (tertiary/aromatic N) is 2. The molecule has 1 heterocycles. The van der Waals surface area contributed by atoms with Crippen LogP contribution in [0.1, 0.15) is 17.1 Å². The maximum atomic E-state index is 13.3. The molecule has 0 amide bonds. The molecule has 96 valence electrons. The quantitative estimate of drug-likeness (QED) is 0.903. The van der Waals surface area contributed by atoms with Crippen LogP contribution in [0.5, 0.6) is 0 Å². The number of aromatic nitrogens is 2. The predicted octanol–water partition coefficient (Wildman–Crippen LogP) is 2.56. The molecule has 3 nitrogen and oxygen atoms in total. The summed E-state index contributed by atoms with van der Waals surface area (Å²) in [5.74, 6) is 0.806. The zero-order chi connectivity index (χ0) is 13.3. The number of hydrogen-bond donors (Lipinski definition) is 1. The molecular formula is C14H18FN3. The molecule has 0 fully saturated rings.